The zero-order valence-corrected chi connectivity index (χ0v) is 13.1. The maximum absolute atomic E-state index is 5.80. The molecule has 3 N–H and O–H groups in total. The molecule has 0 aromatic heterocycles. The van der Waals surface area contributed by atoms with Crippen molar-refractivity contribution in [2.45, 2.75) is 56.7 Å². The summed E-state index contributed by atoms with van der Waals surface area (Å²) < 4.78 is 0.278. The van der Waals surface area contributed by atoms with E-state index in [-0.39, 0.29) is 10.8 Å². The van der Waals surface area contributed by atoms with E-state index in [1.165, 1.54) is 30.4 Å². The second kappa shape index (κ2) is 6.29. The highest BCUT2D eigenvalue weighted by atomic mass is 32.2. The van der Waals surface area contributed by atoms with Crippen LogP contribution in [-0.4, -0.2) is 10.5 Å². The van der Waals surface area contributed by atoms with Crippen LogP contribution in [0.25, 0.3) is 0 Å². The van der Waals surface area contributed by atoms with Gasteiger partial charge < -0.3 is 0 Å². The molecule has 1 aromatic carbocycles. The van der Waals surface area contributed by atoms with E-state index >= 15 is 0 Å². The zero-order valence-electron chi connectivity index (χ0n) is 12.3. The highest BCUT2D eigenvalue weighted by Crippen LogP contribution is 2.40. The Labute approximate surface area is 121 Å². The molecule has 0 heterocycles. The van der Waals surface area contributed by atoms with Gasteiger partial charge in [-0.25, -0.2) is 0 Å². The van der Waals surface area contributed by atoms with Crippen molar-refractivity contribution in [3.05, 3.63) is 35.4 Å². The number of nitrogens with one attached hydrogen (secondary N) is 1. The third kappa shape index (κ3) is 3.98. The van der Waals surface area contributed by atoms with E-state index in [0.29, 0.717) is 0 Å². The van der Waals surface area contributed by atoms with Gasteiger partial charge in [-0.1, -0.05) is 51.5 Å². The fourth-order valence-corrected chi connectivity index (χ4v) is 3.42. The molecule has 1 aromatic rings. The molecule has 1 saturated carbocycles. The first-order chi connectivity index (χ1) is 9.01. The van der Waals surface area contributed by atoms with Gasteiger partial charge in [-0.3, -0.25) is 11.3 Å². The Morgan fingerprint density at radius 3 is 2.53 bits per heavy atom. The molecule has 1 fully saturated rings. The molecule has 19 heavy (non-hydrogen) atoms. The Kier molecular flexibility index (Phi) is 4.93. The third-order valence-electron chi connectivity index (χ3n) is 3.80. The van der Waals surface area contributed by atoms with Gasteiger partial charge in [0.05, 0.1) is 6.04 Å². The Morgan fingerprint density at radius 2 is 2.00 bits per heavy atom. The van der Waals surface area contributed by atoms with Gasteiger partial charge in [0.1, 0.15) is 0 Å². The fourth-order valence-electron chi connectivity index (χ4n) is 2.48. The quantitative estimate of drug-likeness (QED) is 0.632. The van der Waals surface area contributed by atoms with E-state index in [2.05, 4.69) is 50.5 Å². The summed E-state index contributed by atoms with van der Waals surface area (Å²) >= 11 is 1.96. The number of nitrogens with two attached hydrogens (primary N) is 1. The van der Waals surface area contributed by atoms with Crippen molar-refractivity contribution in [3.8, 4) is 0 Å². The first-order valence-electron chi connectivity index (χ1n) is 7.20. The number of hydrogen-bond donors (Lipinski definition) is 2. The van der Waals surface area contributed by atoms with Crippen LogP contribution in [0.1, 0.15) is 63.1 Å². The molecule has 1 atom stereocenters. The lowest BCUT2D eigenvalue weighted by Crippen LogP contribution is -2.32. The van der Waals surface area contributed by atoms with Crippen LogP contribution in [0.5, 0.6) is 0 Å². The summed E-state index contributed by atoms with van der Waals surface area (Å²) in [7, 11) is 0. The standard InChI is InChI=1S/C16H26N2S/c1-16(2,3)19-11-15(18-17)14-10-5-4-9-13(14)12-7-6-8-12/h4-5,9-10,12,15,18H,6-8,11,17H2,1-3H3. The molecule has 0 amide bonds. The number of thioether (sulfide) groups is 1. The number of hydrazine groups is 1. The van der Waals surface area contributed by atoms with Crippen molar-refractivity contribution in [1.82, 2.24) is 5.43 Å². The van der Waals surface area contributed by atoms with Crippen LogP contribution in [0.4, 0.5) is 0 Å². The summed E-state index contributed by atoms with van der Waals surface area (Å²) in [5, 5.41) is 0. The summed E-state index contributed by atoms with van der Waals surface area (Å²) in [5.41, 5.74) is 5.91. The van der Waals surface area contributed by atoms with Crippen molar-refractivity contribution in [3.63, 3.8) is 0 Å². The lowest BCUT2D eigenvalue weighted by atomic mass is 9.77. The topological polar surface area (TPSA) is 38.0 Å². The largest absolute Gasteiger partial charge is 0.271 e. The van der Waals surface area contributed by atoms with Gasteiger partial charge in [-0.2, -0.15) is 11.8 Å². The van der Waals surface area contributed by atoms with Crippen LogP contribution in [-0.2, 0) is 0 Å². The maximum atomic E-state index is 5.80. The van der Waals surface area contributed by atoms with Gasteiger partial charge in [-0.05, 0) is 29.9 Å². The van der Waals surface area contributed by atoms with Crippen molar-refractivity contribution in [2.75, 3.05) is 5.75 Å². The molecule has 0 radical (unpaired) electrons. The second-order valence-corrected chi connectivity index (χ2v) is 8.25. The molecule has 2 rings (SSSR count). The van der Waals surface area contributed by atoms with E-state index in [4.69, 9.17) is 5.84 Å². The molecule has 1 aliphatic rings. The lowest BCUT2D eigenvalue weighted by Gasteiger charge is -2.31. The van der Waals surface area contributed by atoms with Crippen LogP contribution in [0, 0.1) is 0 Å². The minimum absolute atomic E-state index is 0.251. The van der Waals surface area contributed by atoms with Gasteiger partial charge in [0.15, 0.2) is 0 Å². The molecule has 1 aliphatic carbocycles. The van der Waals surface area contributed by atoms with Crippen LogP contribution < -0.4 is 11.3 Å². The monoisotopic (exact) mass is 278 g/mol. The third-order valence-corrected chi connectivity index (χ3v) is 5.17. The van der Waals surface area contributed by atoms with Crippen molar-refractivity contribution >= 4 is 11.8 Å². The molecular weight excluding hydrogens is 252 g/mol. The van der Waals surface area contributed by atoms with Crippen LogP contribution in [0.2, 0.25) is 0 Å². The first kappa shape index (κ1) is 14.9. The average Bonchev–Trinajstić information content (AvgIpc) is 2.28. The summed E-state index contributed by atoms with van der Waals surface area (Å²) in [6.45, 7) is 6.76. The maximum Gasteiger partial charge on any atom is 0.0553 e. The number of benzene rings is 1. The van der Waals surface area contributed by atoms with Gasteiger partial charge >= 0.3 is 0 Å². The number of rotatable bonds is 5. The van der Waals surface area contributed by atoms with Crippen molar-refractivity contribution < 1.29 is 0 Å². The van der Waals surface area contributed by atoms with Gasteiger partial charge in [0.25, 0.3) is 0 Å². The normalized spacial score (nSPS) is 18.1. The van der Waals surface area contributed by atoms with E-state index in [1.807, 2.05) is 11.8 Å². The van der Waals surface area contributed by atoms with E-state index in [1.54, 1.807) is 0 Å². The predicted molar refractivity (Wildman–Crippen MR) is 85.3 cm³/mol. The molecule has 3 heteroatoms. The number of hydrogen-bond acceptors (Lipinski definition) is 3. The second-order valence-electron chi connectivity index (χ2n) is 6.40. The van der Waals surface area contributed by atoms with Crippen LogP contribution in [0.15, 0.2) is 24.3 Å². The molecule has 0 spiro atoms. The highest BCUT2D eigenvalue weighted by molar-refractivity contribution is 8.00. The molecular formula is C16H26N2S. The predicted octanol–water partition coefficient (Wildman–Crippen LogP) is 3.99. The van der Waals surface area contributed by atoms with Crippen LogP contribution in [0.3, 0.4) is 0 Å². The average molecular weight is 278 g/mol. The highest BCUT2D eigenvalue weighted by Gasteiger charge is 2.25. The van der Waals surface area contributed by atoms with Crippen molar-refractivity contribution in [2.24, 2.45) is 5.84 Å². The molecule has 0 bridgehead atoms. The smallest absolute Gasteiger partial charge is 0.0553 e. The van der Waals surface area contributed by atoms with Crippen molar-refractivity contribution in [1.29, 1.82) is 0 Å². The Morgan fingerprint density at radius 1 is 1.32 bits per heavy atom. The lowest BCUT2D eigenvalue weighted by molar-refractivity contribution is 0.413. The Bertz CT molecular complexity index is 407. The molecule has 0 aliphatic heterocycles. The fraction of sp³-hybridized carbons (Fsp3) is 0.625. The Balaban J connectivity index is 2.13. The molecule has 2 nitrogen and oxygen atoms in total. The van der Waals surface area contributed by atoms with Gasteiger partial charge in [0, 0.05) is 10.5 Å². The van der Waals surface area contributed by atoms with Gasteiger partial charge in [-0.15, -0.1) is 0 Å². The minimum atomic E-state index is 0.251. The minimum Gasteiger partial charge on any atom is -0.271 e. The SMILES string of the molecule is CC(C)(C)SCC(NN)c1ccccc1C1CCC1. The molecule has 106 valence electrons. The summed E-state index contributed by atoms with van der Waals surface area (Å²) in [6.07, 6.45) is 4.04. The van der Waals surface area contributed by atoms with Crippen LogP contribution >= 0.6 is 11.8 Å². The summed E-state index contributed by atoms with van der Waals surface area (Å²) in [4.78, 5) is 0. The molecule has 0 saturated heterocycles. The summed E-state index contributed by atoms with van der Waals surface area (Å²) in [6, 6.07) is 9.05. The van der Waals surface area contributed by atoms with E-state index in [9.17, 15) is 0 Å². The molecule has 1 unspecified atom stereocenters. The Hall–Kier alpha value is -0.510. The van der Waals surface area contributed by atoms with Gasteiger partial charge in [0.2, 0.25) is 0 Å². The van der Waals surface area contributed by atoms with E-state index in [0.717, 1.165) is 11.7 Å². The zero-order chi connectivity index (χ0) is 13.9. The first-order valence-corrected chi connectivity index (χ1v) is 8.19. The van der Waals surface area contributed by atoms with E-state index < -0.39 is 0 Å². The summed E-state index contributed by atoms with van der Waals surface area (Å²) in [5.74, 6) is 7.57.